The van der Waals surface area contributed by atoms with Crippen LogP contribution in [0, 0.1) is 17.8 Å². The van der Waals surface area contributed by atoms with Crippen LogP contribution in [0.4, 0.5) is 0 Å². The van der Waals surface area contributed by atoms with Crippen molar-refractivity contribution in [1.29, 1.82) is 0 Å². The SMILES string of the molecule is O=C([O-])C1CC(C2CCCCC2)[OH+]C(C2CCCCC2)C1. The minimum absolute atomic E-state index is 0.249. The molecule has 1 N–H and O–H groups in total. The maximum Gasteiger partial charge on any atom is 0.158 e. The lowest BCUT2D eigenvalue weighted by Gasteiger charge is -2.40. The smallest absolute Gasteiger partial charge is 0.158 e. The minimum Gasteiger partial charge on any atom is -0.550 e. The Labute approximate surface area is 128 Å². The van der Waals surface area contributed by atoms with E-state index in [9.17, 15) is 9.90 Å². The molecule has 120 valence electrons. The fraction of sp³-hybridized carbons (Fsp3) is 0.944. The molecule has 3 aliphatic rings. The third kappa shape index (κ3) is 3.80. The van der Waals surface area contributed by atoms with E-state index in [4.69, 9.17) is 4.74 Å². The van der Waals surface area contributed by atoms with E-state index >= 15 is 0 Å². The quantitative estimate of drug-likeness (QED) is 0.751. The molecular formula is C18H30O3. The Morgan fingerprint density at radius 2 is 1.19 bits per heavy atom. The van der Waals surface area contributed by atoms with Gasteiger partial charge in [0, 0.05) is 36.6 Å². The number of carbonyl (C=O) groups excluding carboxylic acids is 1. The highest BCUT2D eigenvalue weighted by molar-refractivity contribution is 5.67. The van der Waals surface area contributed by atoms with Crippen LogP contribution in [0.1, 0.15) is 77.0 Å². The van der Waals surface area contributed by atoms with Crippen LogP contribution in [-0.4, -0.2) is 22.9 Å². The number of hydrogen-bond acceptors (Lipinski definition) is 2. The highest BCUT2D eigenvalue weighted by Crippen LogP contribution is 2.39. The molecule has 0 aromatic rings. The maximum absolute atomic E-state index is 11.5. The molecule has 3 fully saturated rings. The number of carboxylic acid groups (broad SMARTS) is 1. The average molecular weight is 294 g/mol. The van der Waals surface area contributed by atoms with E-state index in [0.717, 1.165) is 12.8 Å². The van der Waals surface area contributed by atoms with Crippen molar-refractivity contribution in [3.8, 4) is 0 Å². The maximum atomic E-state index is 11.5. The van der Waals surface area contributed by atoms with Gasteiger partial charge in [0.1, 0.15) is 0 Å². The number of hydrogen-bond donors (Lipinski definition) is 0. The predicted octanol–water partition coefficient (Wildman–Crippen LogP) is 2.57. The summed E-state index contributed by atoms with van der Waals surface area (Å²) in [5.41, 5.74) is 0. The molecule has 2 saturated carbocycles. The highest BCUT2D eigenvalue weighted by atomic mass is 16.5. The molecule has 3 heteroatoms. The van der Waals surface area contributed by atoms with Crippen molar-refractivity contribution in [2.24, 2.45) is 17.8 Å². The van der Waals surface area contributed by atoms with E-state index in [1.807, 2.05) is 0 Å². The van der Waals surface area contributed by atoms with Crippen molar-refractivity contribution >= 4 is 5.97 Å². The van der Waals surface area contributed by atoms with Gasteiger partial charge >= 0.3 is 0 Å². The van der Waals surface area contributed by atoms with Crippen LogP contribution in [0.5, 0.6) is 0 Å². The van der Waals surface area contributed by atoms with E-state index in [2.05, 4.69) is 0 Å². The zero-order chi connectivity index (χ0) is 14.7. The Morgan fingerprint density at radius 3 is 1.57 bits per heavy atom. The van der Waals surface area contributed by atoms with Crippen LogP contribution < -0.4 is 5.11 Å². The highest BCUT2D eigenvalue weighted by Gasteiger charge is 2.42. The van der Waals surface area contributed by atoms with E-state index in [0.29, 0.717) is 24.0 Å². The van der Waals surface area contributed by atoms with Crippen molar-refractivity contribution in [3.63, 3.8) is 0 Å². The van der Waals surface area contributed by atoms with Gasteiger partial charge in [-0.3, -0.25) is 0 Å². The molecule has 0 bridgehead atoms. The van der Waals surface area contributed by atoms with E-state index in [1.54, 1.807) is 0 Å². The second kappa shape index (κ2) is 7.13. The number of ether oxygens (including phenoxy) is 1. The minimum atomic E-state index is -0.827. The third-order valence-corrected chi connectivity index (χ3v) is 6.16. The summed E-state index contributed by atoms with van der Waals surface area (Å²) in [6.07, 6.45) is 15.0. The lowest BCUT2D eigenvalue weighted by atomic mass is 9.75. The molecule has 0 spiro atoms. The van der Waals surface area contributed by atoms with Gasteiger partial charge in [0.25, 0.3) is 0 Å². The molecule has 1 aliphatic heterocycles. The number of aliphatic hydroxyl groups is 2. The molecule has 2 unspecified atom stereocenters. The molecule has 0 amide bonds. The second-order valence-electron chi connectivity index (χ2n) is 7.57. The van der Waals surface area contributed by atoms with Gasteiger partial charge in [-0.15, -0.1) is 0 Å². The largest absolute Gasteiger partial charge is 0.550 e. The molecule has 3 nitrogen and oxygen atoms in total. The molecule has 21 heavy (non-hydrogen) atoms. The zero-order valence-corrected chi connectivity index (χ0v) is 13.1. The van der Waals surface area contributed by atoms with Crippen LogP contribution in [0.2, 0.25) is 0 Å². The first kappa shape index (κ1) is 15.3. The molecule has 1 heterocycles. The topological polar surface area (TPSA) is 52.9 Å². The predicted molar refractivity (Wildman–Crippen MR) is 80.7 cm³/mol. The first-order valence-electron chi connectivity index (χ1n) is 9.15. The van der Waals surface area contributed by atoms with Gasteiger partial charge in [-0.25, -0.2) is 0 Å². The molecule has 3 rings (SSSR count). The van der Waals surface area contributed by atoms with Gasteiger partial charge < -0.3 is 14.6 Å². The van der Waals surface area contributed by atoms with Crippen molar-refractivity contribution in [2.75, 3.05) is 0 Å². The van der Waals surface area contributed by atoms with Crippen LogP contribution in [0.15, 0.2) is 0 Å². The zero-order valence-electron chi connectivity index (χ0n) is 13.1. The summed E-state index contributed by atoms with van der Waals surface area (Å²) in [4.78, 5) is 11.5. The molecule has 1 saturated heterocycles. The third-order valence-electron chi connectivity index (χ3n) is 6.16. The molecule has 0 radical (unpaired) electrons. The summed E-state index contributed by atoms with van der Waals surface area (Å²) >= 11 is 0. The van der Waals surface area contributed by atoms with E-state index in [-0.39, 0.29) is 5.92 Å². The van der Waals surface area contributed by atoms with E-state index in [1.165, 1.54) is 64.2 Å². The monoisotopic (exact) mass is 294 g/mol. The Bertz CT molecular complexity index is 316. The average Bonchev–Trinajstić information content (AvgIpc) is 2.56. The van der Waals surface area contributed by atoms with Crippen LogP contribution in [-0.2, 0) is 4.79 Å². The standard InChI is InChI=1S/C18H30O3/c19-18(20)15-11-16(13-7-3-1-4-8-13)21-17(12-15)14-9-5-2-6-10-14/h13-17H,1-12H2,(H,19,20). The summed E-state index contributed by atoms with van der Waals surface area (Å²) in [7, 11) is 0. The summed E-state index contributed by atoms with van der Waals surface area (Å²) in [6, 6.07) is 0. The summed E-state index contributed by atoms with van der Waals surface area (Å²) in [6.45, 7) is 0. The van der Waals surface area contributed by atoms with Gasteiger partial charge in [0.15, 0.2) is 12.2 Å². The van der Waals surface area contributed by atoms with Crippen molar-refractivity contribution in [1.82, 2.24) is 0 Å². The summed E-state index contributed by atoms with van der Waals surface area (Å²) in [5.74, 6) is 0.215. The first-order valence-corrected chi connectivity index (χ1v) is 9.15. The second-order valence-corrected chi connectivity index (χ2v) is 7.57. The normalized spacial score (nSPS) is 36.5. The first-order chi connectivity index (χ1) is 10.2. The van der Waals surface area contributed by atoms with Crippen molar-refractivity contribution in [2.45, 2.75) is 89.3 Å². The molecular weight excluding hydrogens is 264 g/mol. The Morgan fingerprint density at radius 1 is 0.762 bits per heavy atom. The lowest BCUT2D eigenvalue weighted by Crippen LogP contribution is -2.49. The Kier molecular flexibility index (Phi) is 5.20. The molecule has 0 aromatic carbocycles. The molecule has 2 aliphatic carbocycles. The van der Waals surface area contributed by atoms with Crippen LogP contribution in [0.3, 0.4) is 0 Å². The fourth-order valence-corrected chi connectivity index (χ4v) is 4.91. The number of aliphatic carboxylic acids is 1. The number of carboxylic acids is 1. The summed E-state index contributed by atoms with van der Waals surface area (Å²) in [5, 5.41) is 11.5. The van der Waals surface area contributed by atoms with Gasteiger partial charge in [0.05, 0.1) is 0 Å². The van der Waals surface area contributed by atoms with Crippen LogP contribution in [0.25, 0.3) is 0 Å². The van der Waals surface area contributed by atoms with E-state index < -0.39 is 5.97 Å². The van der Waals surface area contributed by atoms with Gasteiger partial charge in [-0.1, -0.05) is 38.5 Å². The fourth-order valence-electron chi connectivity index (χ4n) is 4.91. The van der Waals surface area contributed by atoms with Gasteiger partial charge in [0.2, 0.25) is 0 Å². The van der Waals surface area contributed by atoms with Crippen LogP contribution >= 0.6 is 0 Å². The van der Waals surface area contributed by atoms with Crippen molar-refractivity contribution in [3.05, 3.63) is 0 Å². The summed E-state index contributed by atoms with van der Waals surface area (Å²) < 4.78 is 5.17. The van der Waals surface area contributed by atoms with Crippen molar-refractivity contribution < 1.29 is 14.6 Å². The van der Waals surface area contributed by atoms with Gasteiger partial charge in [-0.05, 0) is 25.7 Å². The molecule has 2 atom stereocenters. The molecule has 0 aromatic heterocycles. The Balaban J connectivity index is 1.66. The number of rotatable bonds is 3. The number of carbonyl (C=O) groups is 1. The lowest BCUT2D eigenvalue weighted by molar-refractivity contribution is -0.322. The Hall–Kier alpha value is -0.570. The van der Waals surface area contributed by atoms with Gasteiger partial charge in [-0.2, -0.15) is 0 Å².